The van der Waals surface area contributed by atoms with Crippen LogP contribution in [-0.4, -0.2) is 37.6 Å². The summed E-state index contributed by atoms with van der Waals surface area (Å²) in [6.07, 6.45) is 0.820. The number of benzene rings is 1. The third kappa shape index (κ3) is 4.49. The maximum absolute atomic E-state index is 12.2. The van der Waals surface area contributed by atoms with Crippen molar-refractivity contribution in [3.8, 4) is 0 Å². The Morgan fingerprint density at radius 1 is 1.28 bits per heavy atom. The first-order valence-electron chi connectivity index (χ1n) is 6.44. The fraction of sp³-hybridized carbons (Fsp3) is 0.533. The number of hydrogen-bond donors (Lipinski definition) is 0. The molecule has 0 heterocycles. The van der Waals surface area contributed by atoms with E-state index in [9.17, 15) is 4.79 Å². The Labute approximate surface area is 110 Å². The highest BCUT2D eigenvalue weighted by atomic mass is 16.5. The summed E-state index contributed by atoms with van der Waals surface area (Å²) in [7, 11) is 3.93. The van der Waals surface area contributed by atoms with Crippen LogP contribution in [-0.2, 0) is 9.53 Å². The van der Waals surface area contributed by atoms with Gasteiger partial charge in [-0.1, -0.05) is 37.3 Å². The fourth-order valence-electron chi connectivity index (χ4n) is 1.73. The Hall–Kier alpha value is -1.35. The smallest absolute Gasteiger partial charge is 0.314 e. The molecule has 100 valence electrons. The van der Waals surface area contributed by atoms with Crippen molar-refractivity contribution in [3.05, 3.63) is 35.9 Å². The lowest BCUT2D eigenvalue weighted by molar-refractivity contribution is -0.150. The zero-order valence-electron chi connectivity index (χ0n) is 11.7. The number of rotatable bonds is 6. The lowest BCUT2D eigenvalue weighted by atomic mass is 9.99. The minimum atomic E-state index is -0.213. The molecule has 0 aliphatic carbocycles. The van der Waals surface area contributed by atoms with E-state index in [1.54, 1.807) is 0 Å². The highest BCUT2D eigenvalue weighted by Gasteiger charge is 2.24. The van der Waals surface area contributed by atoms with Gasteiger partial charge in [-0.2, -0.15) is 0 Å². The van der Waals surface area contributed by atoms with Gasteiger partial charge in [0.1, 0.15) is 0 Å². The van der Waals surface area contributed by atoms with Crippen LogP contribution in [0.15, 0.2) is 30.3 Å². The van der Waals surface area contributed by atoms with Crippen molar-refractivity contribution in [2.45, 2.75) is 32.3 Å². The molecule has 0 saturated heterocycles. The van der Waals surface area contributed by atoms with E-state index in [4.69, 9.17) is 4.74 Å². The Bertz CT molecular complexity index is 362. The van der Waals surface area contributed by atoms with Gasteiger partial charge in [0, 0.05) is 6.54 Å². The minimum Gasteiger partial charge on any atom is -0.462 e. The summed E-state index contributed by atoms with van der Waals surface area (Å²) in [5.41, 5.74) is 1.01. The Balaban J connectivity index is 2.82. The topological polar surface area (TPSA) is 29.5 Å². The van der Waals surface area contributed by atoms with E-state index in [-0.39, 0.29) is 18.0 Å². The predicted molar refractivity (Wildman–Crippen MR) is 73.6 cm³/mol. The van der Waals surface area contributed by atoms with Crippen molar-refractivity contribution < 1.29 is 9.53 Å². The molecule has 0 aromatic heterocycles. The van der Waals surface area contributed by atoms with Gasteiger partial charge in [-0.05, 0) is 33.0 Å². The van der Waals surface area contributed by atoms with E-state index in [1.165, 1.54) is 0 Å². The molecule has 3 heteroatoms. The van der Waals surface area contributed by atoms with Gasteiger partial charge in [0.05, 0.1) is 12.0 Å². The van der Waals surface area contributed by atoms with Gasteiger partial charge >= 0.3 is 5.97 Å². The van der Waals surface area contributed by atoms with Crippen LogP contribution in [0.5, 0.6) is 0 Å². The van der Waals surface area contributed by atoms with Crippen LogP contribution >= 0.6 is 0 Å². The van der Waals surface area contributed by atoms with Gasteiger partial charge in [-0.3, -0.25) is 4.79 Å². The van der Waals surface area contributed by atoms with E-state index in [2.05, 4.69) is 0 Å². The van der Waals surface area contributed by atoms with E-state index >= 15 is 0 Å². The van der Waals surface area contributed by atoms with E-state index in [0.717, 1.165) is 12.0 Å². The second kappa shape index (κ2) is 7.17. The lowest BCUT2D eigenvalue weighted by Gasteiger charge is -2.22. The van der Waals surface area contributed by atoms with Crippen molar-refractivity contribution in [1.82, 2.24) is 4.90 Å². The van der Waals surface area contributed by atoms with Crippen LogP contribution in [0, 0.1) is 0 Å². The molecule has 0 spiro atoms. The van der Waals surface area contributed by atoms with Crippen molar-refractivity contribution in [2.75, 3.05) is 20.6 Å². The summed E-state index contributed by atoms with van der Waals surface area (Å²) in [4.78, 5) is 14.2. The highest BCUT2D eigenvalue weighted by Crippen LogP contribution is 2.19. The molecular formula is C15H23NO2. The monoisotopic (exact) mass is 249 g/mol. The highest BCUT2D eigenvalue weighted by molar-refractivity contribution is 5.78. The van der Waals surface area contributed by atoms with Gasteiger partial charge in [0.2, 0.25) is 0 Å². The van der Waals surface area contributed by atoms with Gasteiger partial charge in [0.15, 0.2) is 0 Å². The summed E-state index contributed by atoms with van der Waals surface area (Å²) < 4.78 is 5.45. The quantitative estimate of drug-likeness (QED) is 0.726. The van der Waals surface area contributed by atoms with Gasteiger partial charge in [0.25, 0.3) is 0 Å². The van der Waals surface area contributed by atoms with Gasteiger partial charge < -0.3 is 9.64 Å². The molecule has 0 bridgehead atoms. The summed E-state index contributed by atoms with van der Waals surface area (Å²) in [6.45, 7) is 4.61. The minimum absolute atomic E-state index is 0.0223. The summed E-state index contributed by atoms with van der Waals surface area (Å²) >= 11 is 0. The molecule has 0 aliphatic rings. The summed E-state index contributed by atoms with van der Waals surface area (Å²) in [6, 6.07) is 9.82. The van der Waals surface area contributed by atoms with Crippen molar-refractivity contribution >= 4 is 5.97 Å². The lowest BCUT2D eigenvalue weighted by Crippen LogP contribution is -2.29. The van der Waals surface area contributed by atoms with Crippen molar-refractivity contribution in [1.29, 1.82) is 0 Å². The summed E-state index contributed by atoms with van der Waals surface area (Å²) in [5, 5.41) is 0. The molecule has 0 N–H and O–H groups in total. The molecular weight excluding hydrogens is 226 g/mol. The zero-order chi connectivity index (χ0) is 13.5. The Morgan fingerprint density at radius 2 is 1.89 bits per heavy atom. The molecule has 1 aromatic carbocycles. The van der Waals surface area contributed by atoms with Crippen LogP contribution in [0.2, 0.25) is 0 Å². The van der Waals surface area contributed by atoms with Gasteiger partial charge in [-0.25, -0.2) is 0 Å². The molecule has 0 saturated carbocycles. The first kappa shape index (κ1) is 14.7. The van der Waals surface area contributed by atoms with Crippen LogP contribution in [0.3, 0.4) is 0 Å². The first-order chi connectivity index (χ1) is 8.54. The standard InChI is InChI=1S/C15H23NO2/c1-5-12(2)18-15(17)14(11-16(3)4)13-9-7-6-8-10-13/h6-10,12,14H,5,11H2,1-4H3. The molecule has 0 radical (unpaired) electrons. The first-order valence-corrected chi connectivity index (χ1v) is 6.44. The third-order valence-electron chi connectivity index (χ3n) is 2.93. The second-order valence-corrected chi connectivity index (χ2v) is 4.88. The Morgan fingerprint density at radius 3 is 2.39 bits per heavy atom. The van der Waals surface area contributed by atoms with E-state index < -0.39 is 0 Å². The van der Waals surface area contributed by atoms with E-state index in [0.29, 0.717) is 6.54 Å². The summed E-state index contributed by atoms with van der Waals surface area (Å²) in [5.74, 6) is -0.348. The van der Waals surface area contributed by atoms with Crippen LogP contribution in [0.25, 0.3) is 0 Å². The fourth-order valence-corrected chi connectivity index (χ4v) is 1.73. The van der Waals surface area contributed by atoms with E-state index in [1.807, 2.05) is 63.2 Å². The normalized spacial score (nSPS) is 14.3. The maximum Gasteiger partial charge on any atom is 0.314 e. The second-order valence-electron chi connectivity index (χ2n) is 4.88. The SMILES string of the molecule is CCC(C)OC(=O)C(CN(C)C)c1ccccc1. The number of nitrogens with zero attached hydrogens (tertiary/aromatic N) is 1. The largest absolute Gasteiger partial charge is 0.462 e. The van der Waals surface area contributed by atoms with Crippen molar-refractivity contribution in [2.24, 2.45) is 0 Å². The molecule has 1 aromatic rings. The average molecular weight is 249 g/mol. The molecule has 0 amide bonds. The average Bonchev–Trinajstić information content (AvgIpc) is 2.36. The predicted octanol–water partition coefficient (Wildman–Crippen LogP) is 2.67. The number of hydrogen-bond acceptors (Lipinski definition) is 3. The van der Waals surface area contributed by atoms with Crippen LogP contribution in [0.1, 0.15) is 31.7 Å². The molecule has 0 fully saturated rings. The van der Waals surface area contributed by atoms with Gasteiger partial charge in [-0.15, -0.1) is 0 Å². The molecule has 18 heavy (non-hydrogen) atoms. The van der Waals surface area contributed by atoms with Crippen molar-refractivity contribution in [3.63, 3.8) is 0 Å². The van der Waals surface area contributed by atoms with Crippen LogP contribution < -0.4 is 0 Å². The number of ether oxygens (including phenoxy) is 1. The molecule has 2 unspecified atom stereocenters. The number of carbonyl (C=O) groups is 1. The molecule has 2 atom stereocenters. The molecule has 3 nitrogen and oxygen atoms in total. The maximum atomic E-state index is 12.2. The number of esters is 1. The van der Waals surface area contributed by atoms with Crippen LogP contribution in [0.4, 0.5) is 0 Å². The Kier molecular flexibility index (Phi) is 5.86. The molecule has 0 aliphatic heterocycles. The third-order valence-corrected chi connectivity index (χ3v) is 2.93. The molecule has 1 rings (SSSR count). The number of likely N-dealkylation sites (N-methyl/N-ethyl adjacent to an activating group) is 1. The zero-order valence-corrected chi connectivity index (χ0v) is 11.7. The number of carbonyl (C=O) groups excluding carboxylic acids is 1.